The van der Waals surface area contributed by atoms with Gasteiger partial charge in [0.15, 0.2) is 0 Å². The van der Waals surface area contributed by atoms with Gasteiger partial charge in [-0.05, 0) is 81.8 Å². The number of carbonyl (C=O) groups is 2. The number of carbonyl (C=O) groups excluding carboxylic acids is 2. The first-order chi connectivity index (χ1) is 19.7. The molecule has 2 aliphatic rings. The van der Waals surface area contributed by atoms with Gasteiger partial charge in [0.2, 0.25) is 0 Å². The van der Waals surface area contributed by atoms with Gasteiger partial charge >= 0.3 is 11.7 Å². The number of urea groups is 1. The van der Waals surface area contributed by atoms with Crippen molar-refractivity contribution in [2.45, 2.75) is 77.0 Å². The molecule has 0 saturated heterocycles. The van der Waals surface area contributed by atoms with Crippen molar-refractivity contribution in [1.82, 2.24) is 19.8 Å². The lowest BCUT2D eigenvalue weighted by atomic mass is 9.90. The van der Waals surface area contributed by atoms with E-state index >= 15 is 0 Å². The van der Waals surface area contributed by atoms with Gasteiger partial charge in [0, 0.05) is 29.9 Å². The fraction of sp³-hybridized carbons (Fsp3) is 0.433. The predicted molar refractivity (Wildman–Crippen MR) is 152 cm³/mol. The van der Waals surface area contributed by atoms with Crippen LogP contribution >= 0.6 is 0 Å². The molecule has 2 aliphatic carbocycles. The highest BCUT2D eigenvalue weighted by Crippen LogP contribution is 2.30. The number of nitrogens with one attached hydrogen (secondary N) is 3. The lowest BCUT2D eigenvalue weighted by Gasteiger charge is -2.32. The number of amides is 3. The molecule has 5 rings (SSSR count). The van der Waals surface area contributed by atoms with Crippen LogP contribution in [0.2, 0.25) is 0 Å². The molecule has 11 heteroatoms. The van der Waals surface area contributed by atoms with Crippen LogP contribution in [0.3, 0.4) is 0 Å². The third-order valence-corrected chi connectivity index (χ3v) is 7.83. The molecule has 1 aromatic heterocycles. The van der Waals surface area contributed by atoms with Crippen LogP contribution in [-0.4, -0.2) is 33.2 Å². The summed E-state index contributed by atoms with van der Waals surface area (Å²) in [5.41, 5.74) is 0.152. The maximum atomic E-state index is 13.9. The van der Waals surface area contributed by atoms with Gasteiger partial charge in [-0.2, -0.15) is 5.26 Å². The second kappa shape index (κ2) is 11.6. The Balaban J connectivity index is 1.34. The summed E-state index contributed by atoms with van der Waals surface area (Å²) in [5.74, 6) is -0.780. The zero-order chi connectivity index (χ0) is 29.3. The number of hydrogen-bond donors (Lipinski definition) is 3. The van der Waals surface area contributed by atoms with E-state index in [1.807, 2.05) is 13.8 Å². The normalized spacial score (nSPS) is 18.6. The van der Waals surface area contributed by atoms with Crippen molar-refractivity contribution >= 4 is 28.5 Å². The van der Waals surface area contributed by atoms with Crippen molar-refractivity contribution in [1.29, 1.82) is 5.26 Å². The molecular formula is C30H33FN6O4. The number of halogens is 1. The van der Waals surface area contributed by atoms with Crippen LogP contribution in [0.15, 0.2) is 46.0 Å². The molecule has 0 spiro atoms. The largest absolute Gasteiger partial charge is 0.347 e. The summed E-state index contributed by atoms with van der Waals surface area (Å²) >= 11 is 0. The molecule has 2 fully saturated rings. The lowest BCUT2D eigenvalue weighted by molar-refractivity contribution is 0.0916. The van der Waals surface area contributed by atoms with Crippen molar-refractivity contribution in [3.05, 3.63) is 74.2 Å². The van der Waals surface area contributed by atoms with Gasteiger partial charge in [-0.3, -0.25) is 18.7 Å². The molecule has 10 nitrogen and oxygen atoms in total. The standard InChI is InChI=1S/C30H33FN6O4/c1-17(2)37-26-12-10-19(13-22(26)28(39)36(30(37)41)16-18-7-8-18)27(38)34-24-5-3-4-6-25(24)35-29(40)33-21-11-9-20(15-32)23(31)14-21/h9-14,17-18,24-25H,3-8,16H2,1-2H3,(H,34,38)(H2,33,35,40)/t24-,25+/m0/s1. The Kier molecular flexibility index (Phi) is 7.92. The molecule has 3 amide bonds. The lowest BCUT2D eigenvalue weighted by Crippen LogP contribution is -2.54. The van der Waals surface area contributed by atoms with Crippen LogP contribution in [0.5, 0.6) is 0 Å². The van der Waals surface area contributed by atoms with E-state index in [1.165, 1.54) is 16.7 Å². The topological polar surface area (TPSA) is 138 Å². The number of nitriles is 1. The molecule has 41 heavy (non-hydrogen) atoms. The minimum atomic E-state index is -0.729. The van der Waals surface area contributed by atoms with E-state index in [1.54, 1.807) is 28.8 Å². The predicted octanol–water partition coefficient (Wildman–Crippen LogP) is 4.03. The average molecular weight is 561 g/mol. The zero-order valence-electron chi connectivity index (χ0n) is 23.1. The Morgan fingerprint density at radius 2 is 1.73 bits per heavy atom. The SMILES string of the molecule is CC(C)n1c(=O)n(CC2CC2)c(=O)c2cc(C(=O)N[C@H]3CCCC[C@H]3NC(=O)Nc3ccc(C#N)c(F)c3)ccc21. The van der Waals surface area contributed by atoms with E-state index in [9.17, 15) is 23.6 Å². The van der Waals surface area contributed by atoms with E-state index in [4.69, 9.17) is 5.26 Å². The quantitative estimate of drug-likeness (QED) is 0.401. The summed E-state index contributed by atoms with van der Waals surface area (Å²) in [6.45, 7) is 4.15. The number of rotatable bonds is 7. The van der Waals surface area contributed by atoms with E-state index < -0.39 is 17.4 Å². The Labute approximate surface area is 236 Å². The van der Waals surface area contributed by atoms with Gasteiger partial charge in [-0.1, -0.05) is 12.8 Å². The Morgan fingerprint density at radius 3 is 2.37 bits per heavy atom. The van der Waals surface area contributed by atoms with Crippen molar-refractivity contribution in [3.8, 4) is 6.07 Å². The molecule has 0 unspecified atom stereocenters. The third-order valence-electron chi connectivity index (χ3n) is 7.83. The van der Waals surface area contributed by atoms with E-state index in [-0.39, 0.29) is 41.0 Å². The summed E-state index contributed by atoms with van der Waals surface area (Å²) in [6.07, 6.45) is 5.02. The fourth-order valence-corrected chi connectivity index (χ4v) is 5.49. The van der Waals surface area contributed by atoms with Gasteiger partial charge in [0.05, 0.1) is 22.5 Å². The van der Waals surface area contributed by atoms with Crippen molar-refractivity contribution in [2.24, 2.45) is 5.92 Å². The molecule has 0 aliphatic heterocycles. The number of nitrogens with zero attached hydrogens (tertiary/aromatic N) is 3. The van der Waals surface area contributed by atoms with Crippen molar-refractivity contribution in [3.63, 3.8) is 0 Å². The first-order valence-electron chi connectivity index (χ1n) is 14.0. The molecule has 2 saturated carbocycles. The second-order valence-corrected chi connectivity index (χ2v) is 11.2. The molecule has 3 aromatic rings. The third kappa shape index (κ3) is 6.01. The van der Waals surface area contributed by atoms with Crippen molar-refractivity contribution < 1.29 is 14.0 Å². The smallest absolute Gasteiger partial charge is 0.331 e. The second-order valence-electron chi connectivity index (χ2n) is 11.2. The highest BCUT2D eigenvalue weighted by molar-refractivity contribution is 5.98. The molecule has 2 aromatic carbocycles. The van der Waals surface area contributed by atoms with Gasteiger partial charge < -0.3 is 16.0 Å². The van der Waals surface area contributed by atoms with Crippen LogP contribution in [0, 0.1) is 23.1 Å². The minimum Gasteiger partial charge on any atom is -0.347 e. The number of hydrogen-bond acceptors (Lipinski definition) is 5. The van der Waals surface area contributed by atoms with E-state index in [2.05, 4.69) is 16.0 Å². The molecule has 0 bridgehead atoms. The summed E-state index contributed by atoms with van der Waals surface area (Å²) in [4.78, 5) is 52.5. The number of benzene rings is 2. The fourth-order valence-electron chi connectivity index (χ4n) is 5.49. The maximum Gasteiger partial charge on any atom is 0.331 e. The Bertz CT molecular complexity index is 1670. The van der Waals surface area contributed by atoms with Gasteiger partial charge in [0.25, 0.3) is 11.5 Å². The van der Waals surface area contributed by atoms with Gasteiger partial charge in [-0.15, -0.1) is 0 Å². The number of fused-ring (bicyclic) bond motifs is 1. The molecule has 1 heterocycles. The Hall–Kier alpha value is -4.46. The molecule has 214 valence electrons. The summed E-state index contributed by atoms with van der Waals surface area (Å²) in [6, 6.07) is 8.92. The minimum absolute atomic E-state index is 0.117. The van der Waals surface area contributed by atoms with Crippen LogP contribution in [0.4, 0.5) is 14.9 Å². The van der Waals surface area contributed by atoms with Gasteiger partial charge in [-0.25, -0.2) is 14.0 Å². The molecular weight excluding hydrogens is 527 g/mol. The van der Waals surface area contributed by atoms with Crippen molar-refractivity contribution in [2.75, 3.05) is 5.32 Å². The van der Waals surface area contributed by atoms with E-state index in [0.717, 1.165) is 31.7 Å². The zero-order valence-corrected chi connectivity index (χ0v) is 23.1. The summed E-state index contributed by atoms with van der Waals surface area (Å²) in [5, 5.41) is 17.7. The summed E-state index contributed by atoms with van der Waals surface area (Å²) in [7, 11) is 0. The monoisotopic (exact) mass is 560 g/mol. The number of aromatic nitrogens is 2. The summed E-state index contributed by atoms with van der Waals surface area (Å²) < 4.78 is 16.8. The van der Waals surface area contributed by atoms with Crippen LogP contribution < -0.4 is 27.2 Å². The first kappa shape index (κ1) is 28.1. The van der Waals surface area contributed by atoms with Gasteiger partial charge in [0.1, 0.15) is 11.9 Å². The highest BCUT2D eigenvalue weighted by Gasteiger charge is 2.29. The molecule has 3 N–H and O–H groups in total. The van der Waals surface area contributed by atoms with Crippen LogP contribution in [0.1, 0.15) is 74.3 Å². The highest BCUT2D eigenvalue weighted by atomic mass is 19.1. The maximum absolute atomic E-state index is 13.9. The Morgan fingerprint density at radius 1 is 1.02 bits per heavy atom. The van der Waals surface area contributed by atoms with Crippen LogP contribution in [0.25, 0.3) is 10.9 Å². The molecule has 0 radical (unpaired) electrons. The van der Waals surface area contributed by atoms with Crippen LogP contribution in [-0.2, 0) is 6.54 Å². The molecule has 2 atom stereocenters. The van der Waals surface area contributed by atoms with E-state index in [0.29, 0.717) is 41.8 Å². The first-order valence-corrected chi connectivity index (χ1v) is 14.0. The number of anilines is 1. The average Bonchev–Trinajstić information content (AvgIpc) is 3.76.